The van der Waals surface area contributed by atoms with E-state index in [1.165, 1.54) is 23.0 Å². The van der Waals surface area contributed by atoms with Crippen LogP contribution in [-0.2, 0) is 0 Å². The molecule has 0 saturated carbocycles. The minimum absolute atomic E-state index is 1.07. The molecule has 1 radical (unpaired) electrons. The summed E-state index contributed by atoms with van der Waals surface area (Å²) in [7, 11) is 0. The fourth-order valence-corrected chi connectivity index (χ4v) is 2.11. The molecule has 0 aliphatic carbocycles. The Kier molecular flexibility index (Phi) is 9.38. The highest BCUT2D eigenvalue weighted by Crippen LogP contribution is 2.06. The molecule has 0 bridgehead atoms. The van der Waals surface area contributed by atoms with Crippen molar-refractivity contribution in [3.05, 3.63) is 6.92 Å². The predicted molar refractivity (Wildman–Crippen MR) is 50.3 cm³/mol. The maximum Gasteiger partial charge on any atom is 0.00235 e. The van der Waals surface area contributed by atoms with Crippen molar-refractivity contribution in [3.8, 4) is 0 Å². The van der Waals surface area contributed by atoms with E-state index in [0.717, 1.165) is 6.42 Å². The first-order valence-corrected chi connectivity index (χ1v) is 5.67. The van der Waals surface area contributed by atoms with E-state index >= 15 is 0 Å². The van der Waals surface area contributed by atoms with Crippen molar-refractivity contribution in [2.75, 3.05) is 23.0 Å². The number of hydrogen-bond donors (Lipinski definition) is 0. The van der Waals surface area contributed by atoms with E-state index < -0.39 is 0 Å². The molecule has 0 spiro atoms. The highest BCUT2D eigenvalue weighted by Gasteiger charge is 1.85. The van der Waals surface area contributed by atoms with Gasteiger partial charge in [0.25, 0.3) is 0 Å². The molecule has 0 fully saturated rings. The number of thioether (sulfide) groups is 2. The smallest absolute Gasteiger partial charge is 0.00235 e. The van der Waals surface area contributed by atoms with Gasteiger partial charge in [-0.15, -0.1) is 0 Å². The van der Waals surface area contributed by atoms with E-state index in [4.69, 9.17) is 0 Å². The van der Waals surface area contributed by atoms with Gasteiger partial charge in [0.15, 0.2) is 0 Å². The molecule has 0 aromatic heterocycles. The summed E-state index contributed by atoms with van der Waals surface area (Å²) in [5.41, 5.74) is 0. The Morgan fingerprint density at radius 3 is 2.33 bits per heavy atom. The SMILES string of the molecule is [CH2]CCSCCSCC. The van der Waals surface area contributed by atoms with E-state index in [0.29, 0.717) is 0 Å². The Labute approximate surface area is 67.2 Å². The Morgan fingerprint density at radius 2 is 1.78 bits per heavy atom. The third-order valence-corrected chi connectivity index (χ3v) is 3.09. The molecule has 0 amide bonds. The maximum atomic E-state index is 3.78. The van der Waals surface area contributed by atoms with Crippen LogP contribution in [0.3, 0.4) is 0 Å². The second-order valence-electron chi connectivity index (χ2n) is 1.66. The van der Waals surface area contributed by atoms with Gasteiger partial charge in [0, 0.05) is 11.5 Å². The van der Waals surface area contributed by atoms with Crippen molar-refractivity contribution >= 4 is 23.5 Å². The van der Waals surface area contributed by atoms with Crippen LogP contribution in [0.5, 0.6) is 0 Å². The zero-order chi connectivity index (χ0) is 6.95. The molecule has 9 heavy (non-hydrogen) atoms. The lowest BCUT2D eigenvalue weighted by molar-refractivity contribution is 1.24. The molecular weight excluding hydrogens is 148 g/mol. The molecule has 0 aliphatic heterocycles. The summed E-state index contributed by atoms with van der Waals surface area (Å²) in [4.78, 5) is 0. The fraction of sp³-hybridized carbons (Fsp3) is 0.857. The first-order chi connectivity index (χ1) is 4.41. The Balaban J connectivity index is 2.60. The van der Waals surface area contributed by atoms with E-state index in [-0.39, 0.29) is 0 Å². The molecule has 2 heteroatoms. The second kappa shape index (κ2) is 8.70. The summed E-state index contributed by atoms with van der Waals surface area (Å²) in [6, 6.07) is 0. The summed E-state index contributed by atoms with van der Waals surface area (Å²) in [6.45, 7) is 5.98. The summed E-state index contributed by atoms with van der Waals surface area (Å²) in [5, 5.41) is 0. The van der Waals surface area contributed by atoms with Gasteiger partial charge in [0.05, 0.1) is 0 Å². The predicted octanol–water partition coefficient (Wildman–Crippen LogP) is 2.70. The van der Waals surface area contributed by atoms with Gasteiger partial charge in [-0.05, 0) is 17.9 Å². The highest BCUT2D eigenvalue weighted by atomic mass is 32.2. The van der Waals surface area contributed by atoms with Gasteiger partial charge in [-0.3, -0.25) is 0 Å². The van der Waals surface area contributed by atoms with Crippen molar-refractivity contribution in [1.82, 2.24) is 0 Å². The molecule has 0 N–H and O–H groups in total. The van der Waals surface area contributed by atoms with Crippen LogP contribution >= 0.6 is 23.5 Å². The zero-order valence-electron chi connectivity index (χ0n) is 6.06. The van der Waals surface area contributed by atoms with Crippen molar-refractivity contribution in [3.63, 3.8) is 0 Å². The largest absolute Gasteiger partial charge is 0.161 e. The quantitative estimate of drug-likeness (QED) is 0.552. The molecule has 0 atom stereocenters. The molecular formula is C7H15S2. The fourth-order valence-electron chi connectivity index (χ4n) is 0.466. The number of hydrogen-bond acceptors (Lipinski definition) is 2. The monoisotopic (exact) mass is 163 g/mol. The van der Waals surface area contributed by atoms with Gasteiger partial charge in [-0.2, -0.15) is 23.5 Å². The minimum atomic E-state index is 1.07. The lowest BCUT2D eigenvalue weighted by Gasteiger charge is -1.96. The molecule has 0 rings (SSSR count). The maximum absolute atomic E-state index is 3.78. The average molecular weight is 163 g/mol. The third-order valence-electron chi connectivity index (χ3n) is 0.865. The van der Waals surface area contributed by atoms with E-state index in [1.807, 2.05) is 23.5 Å². The van der Waals surface area contributed by atoms with Crippen LogP contribution in [0.1, 0.15) is 13.3 Å². The Morgan fingerprint density at radius 1 is 1.11 bits per heavy atom. The molecule has 0 aromatic rings. The topological polar surface area (TPSA) is 0 Å². The van der Waals surface area contributed by atoms with E-state index in [2.05, 4.69) is 13.8 Å². The van der Waals surface area contributed by atoms with E-state index in [9.17, 15) is 0 Å². The highest BCUT2D eigenvalue weighted by molar-refractivity contribution is 8.02. The second-order valence-corrected chi connectivity index (χ2v) is 4.28. The molecule has 0 aromatic carbocycles. The third kappa shape index (κ3) is 8.70. The van der Waals surface area contributed by atoms with Gasteiger partial charge in [0.1, 0.15) is 0 Å². The van der Waals surface area contributed by atoms with Crippen LogP contribution in [0.15, 0.2) is 0 Å². The van der Waals surface area contributed by atoms with E-state index in [1.54, 1.807) is 0 Å². The van der Waals surface area contributed by atoms with Crippen LogP contribution in [0.2, 0.25) is 0 Å². The van der Waals surface area contributed by atoms with Crippen LogP contribution in [-0.4, -0.2) is 23.0 Å². The van der Waals surface area contributed by atoms with Crippen LogP contribution in [0.4, 0.5) is 0 Å². The van der Waals surface area contributed by atoms with Crippen molar-refractivity contribution in [1.29, 1.82) is 0 Å². The first-order valence-electron chi connectivity index (χ1n) is 3.36. The van der Waals surface area contributed by atoms with Gasteiger partial charge in [0.2, 0.25) is 0 Å². The van der Waals surface area contributed by atoms with Crippen LogP contribution in [0.25, 0.3) is 0 Å². The molecule has 0 unspecified atom stereocenters. The summed E-state index contributed by atoms with van der Waals surface area (Å²) >= 11 is 4.03. The van der Waals surface area contributed by atoms with Crippen LogP contribution in [0, 0.1) is 6.92 Å². The van der Waals surface area contributed by atoms with Gasteiger partial charge in [-0.25, -0.2) is 0 Å². The molecule has 55 valence electrons. The molecule has 0 aliphatic rings. The summed E-state index contributed by atoms with van der Waals surface area (Å²) < 4.78 is 0. The van der Waals surface area contributed by atoms with Crippen molar-refractivity contribution < 1.29 is 0 Å². The summed E-state index contributed by atoms with van der Waals surface area (Å²) in [5.74, 6) is 5.09. The molecule has 0 nitrogen and oxygen atoms in total. The lowest BCUT2D eigenvalue weighted by atomic mass is 10.6. The van der Waals surface area contributed by atoms with Crippen molar-refractivity contribution in [2.45, 2.75) is 13.3 Å². The Bertz CT molecular complexity index is 40.2. The van der Waals surface area contributed by atoms with Crippen LogP contribution < -0.4 is 0 Å². The van der Waals surface area contributed by atoms with Crippen molar-refractivity contribution in [2.24, 2.45) is 0 Å². The minimum Gasteiger partial charge on any atom is -0.161 e. The first kappa shape index (κ1) is 9.70. The standard InChI is InChI=1S/C7H15S2/c1-3-5-9-7-6-8-4-2/h1,3-7H2,2H3. The average Bonchev–Trinajstić information content (AvgIpc) is 1.89. The summed E-state index contributed by atoms with van der Waals surface area (Å²) in [6.07, 6.45) is 1.07. The van der Waals surface area contributed by atoms with Gasteiger partial charge >= 0.3 is 0 Å². The zero-order valence-corrected chi connectivity index (χ0v) is 7.69. The lowest BCUT2D eigenvalue weighted by Crippen LogP contribution is -1.85. The van der Waals surface area contributed by atoms with Gasteiger partial charge < -0.3 is 0 Å². The number of rotatable bonds is 6. The molecule has 0 heterocycles. The normalized spacial score (nSPS) is 10.0. The Hall–Kier alpha value is 0.700. The van der Waals surface area contributed by atoms with Gasteiger partial charge in [-0.1, -0.05) is 13.8 Å². The molecule has 0 saturated heterocycles.